The maximum Gasteiger partial charge on any atom is 0.337 e. The average molecular weight is 1240 g/mol. The Kier molecular flexibility index (Phi) is 57.7. The van der Waals surface area contributed by atoms with E-state index in [1.54, 1.807) is 0 Å². The first-order valence-electron chi connectivity index (χ1n) is 37.9. The number of carboxylic acids is 2. The highest BCUT2D eigenvalue weighted by Crippen LogP contribution is 2.28. The Hall–Kier alpha value is -2.75. The van der Waals surface area contributed by atoms with E-state index in [1.807, 2.05) is 0 Å². The normalized spacial score (nSPS) is 11.8. The molecular weight excluding hydrogens is 1090 g/mol. The minimum absolute atomic E-state index is 0.405. The van der Waals surface area contributed by atoms with E-state index < -0.39 is 42.7 Å². The van der Waals surface area contributed by atoms with Crippen molar-refractivity contribution in [2.24, 2.45) is 0 Å². The van der Waals surface area contributed by atoms with Crippen molar-refractivity contribution in [1.82, 2.24) is 0 Å². The lowest BCUT2D eigenvalue weighted by Gasteiger charge is -2.40. The van der Waals surface area contributed by atoms with Gasteiger partial charge in [-0.1, -0.05) is 285 Å². The fraction of sp³-hybridized carbons (Fsp3) is 0.821. The number of quaternary nitrogens is 2. The number of unbranched alkanes of at least 4 members (excludes halogenated alkanes) is 40. The summed E-state index contributed by atoms with van der Waals surface area (Å²) in [5.74, 6) is -2.80. The van der Waals surface area contributed by atoms with Crippen molar-refractivity contribution in [1.29, 1.82) is 0 Å². The van der Waals surface area contributed by atoms with Crippen molar-refractivity contribution in [2.75, 3.05) is 52.4 Å². The first-order valence-corrected chi connectivity index (χ1v) is 39.4. The Morgan fingerprint density at radius 2 is 0.414 bits per heavy atom. The van der Waals surface area contributed by atoms with Crippen LogP contribution in [0.25, 0.3) is 0 Å². The highest BCUT2D eigenvalue weighted by atomic mass is 32.2. The number of benzene rings is 2. The molecule has 0 bridgehead atoms. The molecule has 2 aromatic carbocycles. The second-order valence-corrected chi connectivity index (χ2v) is 28.6. The predicted octanol–water partition coefficient (Wildman–Crippen LogP) is 24.4. The van der Waals surface area contributed by atoms with Crippen molar-refractivity contribution < 1.29 is 37.2 Å². The van der Waals surface area contributed by atoms with Crippen LogP contribution >= 0.6 is 0 Å². The summed E-state index contributed by atoms with van der Waals surface area (Å²) >= 11 is 0. The van der Waals surface area contributed by atoms with Crippen LogP contribution in [0.5, 0.6) is 0 Å². The zero-order chi connectivity index (χ0) is 64.2. The molecule has 0 aliphatic heterocycles. The second-order valence-electron chi connectivity index (χ2n) is 26.7. The maximum atomic E-state index is 12.6. The Morgan fingerprint density at radius 1 is 0.264 bits per heavy atom. The smallest absolute Gasteiger partial charge is 0.337 e. The van der Waals surface area contributed by atoms with Crippen LogP contribution in [0.4, 0.5) is 0 Å². The van der Waals surface area contributed by atoms with Gasteiger partial charge in [-0.3, -0.25) is 0 Å². The molecule has 0 aliphatic rings. The third-order valence-electron chi connectivity index (χ3n) is 18.7. The highest BCUT2D eigenvalue weighted by molar-refractivity contribution is 7.91. The average Bonchev–Trinajstić information content (AvgIpc) is 2.48. The summed E-state index contributed by atoms with van der Waals surface area (Å²) in [6.07, 6.45) is 69.5. The summed E-state index contributed by atoms with van der Waals surface area (Å²) in [6, 6.07) is 10.1. The van der Waals surface area contributed by atoms with E-state index in [-0.39, 0.29) is 0 Å². The lowest BCUT2D eigenvalue weighted by atomic mass is 10.0. The summed E-state index contributed by atoms with van der Waals surface area (Å²) in [4.78, 5) is 21.4. The van der Waals surface area contributed by atoms with Crippen molar-refractivity contribution >= 4 is 21.8 Å². The van der Waals surface area contributed by atoms with Crippen molar-refractivity contribution in [3.8, 4) is 0 Å². The first kappa shape index (κ1) is 84.2. The van der Waals surface area contributed by atoms with Crippen molar-refractivity contribution in [2.45, 2.75) is 373 Å². The lowest BCUT2D eigenvalue weighted by molar-refractivity contribution is -0.929. The van der Waals surface area contributed by atoms with Gasteiger partial charge in [-0.15, -0.1) is 0 Å². The van der Waals surface area contributed by atoms with Crippen LogP contribution in [0.3, 0.4) is 0 Å². The molecule has 0 saturated heterocycles. The number of carbonyl (C=O) groups is 2. The maximum absolute atomic E-state index is 12.6. The number of nitrogens with zero attached hydrogens (tertiary/aromatic N) is 2. The molecule has 0 radical (unpaired) electrons. The topological polar surface area (TPSA) is 109 Å². The number of carboxylic acid groups (broad SMARTS) is 2. The minimum Gasteiger partial charge on any atom is -0.478 e. The number of hydrogen-bond donors (Lipinski definition) is 2. The molecule has 0 amide bonds. The summed E-state index contributed by atoms with van der Waals surface area (Å²) in [6.45, 7) is 30.5. The van der Waals surface area contributed by atoms with Gasteiger partial charge < -0.3 is 19.2 Å². The van der Waals surface area contributed by atoms with Gasteiger partial charge in [0.15, 0.2) is 0 Å². The van der Waals surface area contributed by atoms with Gasteiger partial charge in [-0.2, -0.15) is 0 Å². The van der Waals surface area contributed by atoms with E-state index in [1.165, 1.54) is 394 Å². The van der Waals surface area contributed by atoms with E-state index in [4.69, 9.17) is 10.2 Å². The van der Waals surface area contributed by atoms with E-state index in [2.05, 4.69) is 55.4 Å². The van der Waals surface area contributed by atoms with Crippen LogP contribution in [0.1, 0.15) is 384 Å². The van der Waals surface area contributed by atoms with E-state index in [9.17, 15) is 18.0 Å². The largest absolute Gasteiger partial charge is 0.478 e. The van der Waals surface area contributed by atoms with Crippen LogP contribution < -0.4 is 0 Å². The standard InChI is InChI=1S/2C32H68N.C14H10O6S/c2*1-5-9-13-17-21-25-29-33(30-26-22-18-14-10-6-2,31-27-23-19-15-11-7-3)32-28-24-20-16-12-8-4;15-13(16)9-5-1-3-7-11(9)21(19,20)12-8-4-2-6-10(12)14(17)18/h2*5-32H2,1-4H3;1-8H,(H,15,16)(H,17,18)/q2*+1;. The molecule has 508 valence electrons. The van der Waals surface area contributed by atoms with Gasteiger partial charge in [-0.25, -0.2) is 18.0 Å². The molecule has 0 aliphatic carbocycles. The van der Waals surface area contributed by atoms with Crippen molar-refractivity contribution in [3.05, 3.63) is 59.7 Å². The van der Waals surface area contributed by atoms with Gasteiger partial charge in [0, 0.05) is 0 Å². The Morgan fingerprint density at radius 3 is 0.575 bits per heavy atom. The highest BCUT2D eigenvalue weighted by Gasteiger charge is 2.29. The van der Waals surface area contributed by atoms with E-state index in [0.717, 1.165) is 24.3 Å². The van der Waals surface area contributed by atoms with Crippen molar-refractivity contribution in [3.63, 3.8) is 0 Å². The van der Waals surface area contributed by atoms with Gasteiger partial charge in [0.1, 0.15) is 0 Å². The van der Waals surface area contributed by atoms with Crippen LogP contribution in [0.15, 0.2) is 58.3 Å². The van der Waals surface area contributed by atoms with Gasteiger partial charge in [0.05, 0.1) is 73.3 Å². The zero-order valence-corrected chi connectivity index (χ0v) is 59.9. The third kappa shape index (κ3) is 44.4. The number of rotatable bonds is 60. The molecule has 8 nitrogen and oxygen atoms in total. The van der Waals surface area contributed by atoms with Gasteiger partial charge in [-0.05, 0) is 127 Å². The fourth-order valence-electron chi connectivity index (χ4n) is 13.0. The monoisotopic (exact) mass is 1240 g/mol. The third-order valence-corrected chi connectivity index (χ3v) is 20.6. The van der Waals surface area contributed by atoms with Crippen LogP contribution in [-0.4, -0.2) is 91.9 Å². The number of sulfone groups is 1. The second kappa shape index (κ2) is 59.5. The van der Waals surface area contributed by atoms with Crippen LogP contribution in [0.2, 0.25) is 0 Å². The number of aromatic carboxylic acids is 2. The van der Waals surface area contributed by atoms with Crippen LogP contribution in [0, 0.1) is 0 Å². The molecule has 2 aromatic rings. The van der Waals surface area contributed by atoms with E-state index >= 15 is 0 Å². The lowest BCUT2D eigenvalue weighted by Crippen LogP contribution is -2.50. The molecule has 2 N–H and O–H groups in total. The van der Waals surface area contributed by atoms with Gasteiger partial charge in [0.2, 0.25) is 9.84 Å². The molecular formula is C78H146N2O6S+2. The molecule has 0 atom stereocenters. The Balaban J connectivity index is 0.00000131. The Bertz CT molecular complexity index is 1680. The molecule has 0 heterocycles. The summed E-state index contributed by atoms with van der Waals surface area (Å²) in [5, 5.41) is 18.1. The first-order chi connectivity index (χ1) is 42.3. The SMILES string of the molecule is CCCCCCCC[N+](CCCCCCCC)(CCCCCCCC)CCCCCCCC.CCCCCCCC[N+](CCCCCCCC)(CCCCCCCC)CCCCCCCC.O=C(O)c1ccccc1S(=O)(=O)c1ccccc1C(=O)O. The summed E-state index contributed by atoms with van der Waals surface area (Å²) in [7, 11) is -4.25. The quantitative estimate of drug-likeness (QED) is 0.0505. The molecule has 0 spiro atoms. The fourth-order valence-corrected chi connectivity index (χ4v) is 14.7. The molecule has 0 fully saturated rings. The molecule has 0 unspecified atom stereocenters. The van der Waals surface area contributed by atoms with Gasteiger partial charge >= 0.3 is 11.9 Å². The van der Waals surface area contributed by atoms with E-state index in [0.29, 0.717) is 0 Å². The zero-order valence-electron chi connectivity index (χ0n) is 59.0. The molecule has 9 heteroatoms. The van der Waals surface area contributed by atoms with Gasteiger partial charge in [0.25, 0.3) is 0 Å². The molecule has 0 aromatic heterocycles. The Labute approximate surface area is 541 Å². The number of hydrogen-bond acceptors (Lipinski definition) is 4. The summed E-state index contributed by atoms with van der Waals surface area (Å²) in [5.41, 5.74) is -0.810. The molecule has 0 saturated carbocycles. The minimum atomic E-state index is -4.25. The molecule has 2 rings (SSSR count). The molecule has 87 heavy (non-hydrogen) atoms. The summed E-state index contributed by atoms with van der Waals surface area (Å²) < 4.78 is 28.1. The van der Waals surface area contributed by atoms with Crippen LogP contribution in [-0.2, 0) is 9.84 Å². The predicted molar refractivity (Wildman–Crippen MR) is 379 cm³/mol.